The highest BCUT2D eigenvalue weighted by Crippen LogP contribution is 2.39. The molecule has 0 heterocycles. The van der Waals surface area contributed by atoms with E-state index in [9.17, 15) is 14.4 Å². The first-order valence-corrected chi connectivity index (χ1v) is 8.81. The van der Waals surface area contributed by atoms with Crippen molar-refractivity contribution in [1.82, 2.24) is 5.32 Å². The fourth-order valence-electron chi connectivity index (χ4n) is 2.94. The van der Waals surface area contributed by atoms with Crippen LogP contribution in [0.15, 0.2) is 48.5 Å². The van der Waals surface area contributed by atoms with Gasteiger partial charge in [-0.2, -0.15) is 0 Å². The van der Waals surface area contributed by atoms with Crippen LogP contribution in [-0.2, 0) is 20.9 Å². The maximum atomic E-state index is 12.3. The van der Waals surface area contributed by atoms with Gasteiger partial charge in [0.05, 0.1) is 24.5 Å². The molecule has 2 aromatic carbocycles. The van der Waals surface area contributed by atoms with Crippen LogP contribution in [0, 0.1) is 18.8 Å². The summed E-state index contributed by atoms with van der Waals surface area (Å²) in [7, 11) is 1.31. The molecule has 0 saturated heterocycles. The van der Waals surface area contributed by atoms with Crippen molar-refractivity contribution in [3.8, 4) is 0 Å². The molecule has 2 amide bonds. The van der Waals surface area contributed by atoms with Gasteiger partial charge in [-0.05, 0) is 48.7 Å². The molecule has 6 heteroatoms. The fraction of sp³-hybridized carbons (Fsp3) is 0.286. The second-order valence-corrected chi connectivity index (χ2v) is 6.65. The number of amides is 2. The molecule has 1 saturated carbocycles. The van der Waals surface area contributed by atoms with Gasteiger partial charge in [0, 0.05) is 12.2 Å². The van der Waals surface area contributed by atoms with Crippen molar-refractivity contribution in [3.63, 3.8) is 0 Å². The average Bonchev–Trinajstić information content (AvgIpc) is 3.48. The maximum absolute atomic E-state index is 12.3. The summed E-state index contributed by atoms with van der Waals surface area (Å²) < 4.78 is 4.64. The van der Waals surface area contributed by atoms with E-state index in [1.807, 2.05) is 31.2 Å². The van der Waals surface area contributed by atoms with Crippen LogP contribution in [0.2, 0.25) is 0 Å². The molecule has 1 aliphatic rings. The van der Waals surface area contributed by atoms with E-state index in [4.69, 9.17) is 0 Å². The van der Waals surface area contributed by atoms with Gasteiger partial charge in [0.2, 0.25) is 11.8 Å². The number of nitrogens with one attached hydrogen (secondary N) is 2. The van der Waals surface area contributed by atoms with Crippen molar-refractivity contribution >= 4 is 23.5 Å². The Hall–Kier alpha value is -3.15. The molecule has 0 aliphatic heterocycles. The van der Waals surface area contributed by atoms with Crippen LogP contribution in [0.4, 0.5) is 5.69 Å². The second-order valence-electron chi connectivity index (χ2n) is 6.65. The molecular weight excluding hydrogens is 344 g/mol. The number of rotatable bonds is 6. The number of hydrogen-bond acceptors (Lipinski definition) is 4. The number of ether oxygens (including phenoxy) is 1. The van der Waals surface area contributed by atoms with Gasteiger partial charge in [-0.15, -0.1) is 0 Å². The van der Waals surface area contributed by atoms with E-state index in [-0.39, 0.29) is 23.7 Å². The normalized spacial score (nSPS) is 17.7. The van der Waals surface area contributed by atoms with E-state index < -0.39 is 5.97 Å². The number of benzene rings is 2. The summed E-state index contributed by atoms with van der Waals surface area (Å²) >= 11 is 0. The highest BCUT2D eigenvalue weighted by atomic mass is 16.5. The largest absolute Gasteiger partial charge is 0.465 e. The molecular formula is C21H22N2O4. The first-order chi connectivity index (χ1) is 13.0. The zero-order chi connectivity index (χ0) is 19.4. The SMILES string of the molecule is COC(=O)c1ccc(NC(=O)C2CC2C(=O)NCc2ccccc2C)cc1. The lowest BCUT2D eigenvalue weighted by molar-refractivity contribution is -0.125. The smallest absolute Gasteiger partial charge is 0.337 e. The summed E-state index contributed by atoms with van der Waals surface area (Å²) in [5.41, 5.74) is 3.19. The van der Waals surface area contributed by atoms with Gasteiger partial charge in [0.1, 0.15) is 0 Å². The molecule has 140 valence electrons. The van der Waals surface area contributed by atoms with E-state index in [1.165, 1.54) is 7.11 Å². The second kappa shape index (κ2) is 8.03. The Morgan fingerprint density at radius 1 is 1.00 bits per heavy atom. The van der Waals surface area contributed by atoms with E-state index in [0.29, 0.717) is 24.2 Å². The Morgan fingerprint density at radius 3 is 2.33 bits per heavy atom. The molecule has 0 spiro atoms. The first-order valence-electron chi connectivity index (χ1n) is 8.81. The van der Waals surface area contributed by atoms with Crippen LogP contribution in [-0.4, -0.2) is 24.9 Å². The lowest BCUT2D eigenvalue weighted by Gasteiger charge is -2.08. The topological polar surface area (TPSA) is 84.5 Å². The van der Waals surface area contributed by atoms with E-state index >= 15 is 0 Å². The van der Waals surface area contributed by atoms with Crippen LogP contribution in [0.25, 0.3) is 0 Å². The minimum absolute atomic E-state index is 0.0977. The standard InChI is InChI=1S/C21H22N2O4/c1-13-5-3-4-6-15(13)12-22-19(24)17-11-18(17)20(25)23-16-9-7-14(8-10-16)21(26)27-2/h3-10,17-18H,11-12H2,1-2H3,(H,22,24)(H,23,25). The minimum atomic E-state index is -0.430. The number of anilines is 1. The summed E-state index contributed by atoms with van der Waals surface area (Å²) in [5.74, 6) is -1.32. The number of carbonyl (C=O) groups is 3. The molecule has 1 aliphatic carbocycles. The molecule has 0 radical (unpaired) electrons. The third-order valence-corrected chi connectivity index (χ3v) is 4.75. The van der Waals surface area contributed by atoms with Crippen LogP contribution >= 0.6 is 0 Å². The Kier molecular flexibility index (Phi) is 5.54. The summed E-state index contributed by atoms with van der Waals surface area (Å²) in [6.45, 7) is 2.46. The number of aryl methyl sites for hydroxylation is 1. The maximum Gasteiger partial charge on any atom is 0.337 e. The average molecular weight is 366 g/mol. The van der Waals surface area contributed by atoms with Crippen LogP contribution in [0.5, 0.6) is 0 Å². The summed E-state index contributed by atoms with van der Waals surface area (Å²) in [6, 6.07) is 14.3. The predicted octanol–water partition coefficient (Wildman–Crippen LogP) is 2.67. The van der Waals surface area contributed by atoms with Crippen molar-refractivity contribution in [2.24, 2.45) is 11.8 Å². The van der Waals surface area contributed by atoms with Crippen molar-refractivity contribution < 1.29 is 19.1 Å². The molecule has 2 atom stereocenters. The van der Waals surface area contributed by atoms with Gasteiger partial charge in [0.25, 0.3) is 0 Å². The Bertz CT molecular complexity index is 861. The predicted molar refractivity (Wildman–Crippen MR) is 101 cm³/mol. The quantitative estimate of drug-likeness (QED) is 0.770. The molecule has 2 N–H and O–H groups in total. The molecule has 0 aromatic heterocycles. The van der Waals surface area contributed by atoms with Gasteiger partial charge >= 0.3 is 5.97 Å². The third-order valence-electron chi connectivity index (χ3n) is 4.75. The van der Waals surface area contributed by atoms with Crippen molar-refractivity contribution in [2.45, 2.75) is 19.9 Å². The highest BCUT2D eigenvalue weighted by molar-refractivity contribution is 5.99. The summed E-state index contributed by atoms with van der Waals surface area (Å²) in [5, 5.41) is 5.69. The molecule has 2 aromatic rings. The highest BCUT2D eigenvalue weighted by Gasteiger charge is 2.47. The molecule has 27 heavy (non-hydrogen) atoms. The summed E-state index contributed by atoms with van der Waals surface area (Å²) in [4.78, 5) is 36.0. The Balaban J connectivity index is 1.49. The molecule has 1 fully saturated rings. The van der Waals surface area contributed by atoms with Gasteiger partial charge in [-0.1, -0.05) is 24.3 Å². The van der Waals surface area contributed by atoms with Gasteiger partial charge in [-0.3, -0.25) is 9.59 Å². The number of esters is 1. The number of methoxy groups -OCH3 is 1. The zero-order valence-corrected chi connectivity index (χ0v) is 15.3. The lowest BCUT2D eigenvalue weighted by Crippen LogP contribution is -2.27. The minimum Gasteiger partial charge on any atom is -0.465 e. The third kappa shape index (κ3) is 4.53. The van der Waals surface area contributed by atoms with Crippen LogP contribution in [0.3, 0.4) is 0 Å². The van der Waals surface area contributed by atoms with Crippen molar-refractivity contribution in [3.05, 3.63) is 65.2 Å². The monoisotopic (exact) mass is 366 g/mol. The van der Waals surface area contributed by atoms with Crippen LogP contribution in [0.1, 0.15) is 27.9 Å². The lowest BCUT2D eigenvalue weighted by atomic mass is 10.1. The van der Waals surface area contributed by atoms with Gasteiger partial charge in [0.15, 0.2) is 0 Å². The van der Waals surface area contributed by atoms with Gasteiger partial charge in [-0.25, -0.2) is 4.79 Å². The Morgan fingerprint density at radius 2 is 1.67 bits per heavy atom. The van der Waals surface area contributed by atoms with E-state index in [0.717, 1.165) is 11.1 Å². The van der Waals surface area contributed by atoms with E-state index in [1.54, 1.807) is 24.3 Å². The van der Waals surface area contributed by atoms with E-state index in [2.05, 4.69) is 15.4 Å². The number of carbonyl (C=O) groups excluding carboxylic acids is 3. The molecule has 2 unspecified atom stereocenters. The van der Waals surface area contributed by atoms with Crippen molar-refractivity contribution in [1.29, 1.82) is 0 Å². The van der Waals surface area contributed by atoms with Crippen LogP contribution < -0.4 is 10.6 Å². The molecule has 0 bridgehead atoms. The Labute approximate surface area is 157 Å². The zero-order valence-electron chi connectivity index (χ0n) is 15.3. The van der Waals surface area contributed by atoms with Crippen molar-refractivity contribution in [2.75, 3.05) is 12.4 Å². The summed E-state index contributed by atoms with van der Waals surface area (Å²) in [6.07, 6.45) is 0.547. The molecule has 6 nitrogen and oxygen atoms in total. The number of hydrogen-bond donors (Lipinski definition) is 2. The molecule has 3 rings (SSSR count). The van der Waals surface area contributed by atoms with Gasteiger partial charge < -0.3 is 15.4 Å². The fourth-order valence-corrected chi connectivity index (χ4v) is 2.94. The first kappa shape index (κ1) is 18.6.